The van der Waals surface area contributed by atoms with Gasteiger partial charge < -0.3 is 5.11 Å². The number of aromatic hydroxyl groups is 1. The minimum absolute atomic E-state index is 0.186. The van der Waals surface area contributed by atoms with E-state index in [1.807, 2.05) is 6.07 Å². The van der Waals surface area contributed by atoms with E-state index in [9.17, 15) is 10.4 Å². The molecule has 0 spiro atoms. The van der Waals surface area contributed by atoms with Gasteiger partial charge >= 0.3 is 0 Å². The van der Waals surface area contributed by atoms with Crippen molar-refractivity contribution in [3.05, 3.63) is 28.8 Å². The van der Waals surface area contributed by atoms with Crippen LogP contribution in [0.4, 0.5) is 0 Å². The van der Waals surface area contributed by atoms with E-state index in [1.165, 1.54) is 43.2 Å². The van der Waals surface area contributed by atoms with Crippen LogP contribution in [0.25, 0.3) is 0 Å². The number of phenolic OH excluding ortho intramolecular Hbond substituents is 1. The minimum Gasteiger partial charge on any atom is -0.508 e. The van der Waals surface area contributed by atoms with Crippen molar-refractivity contribution in [3.8, 4) is 11.8 Å². The van der Waals surface area contributed by atoms with Gasteiger partial charge in [0.15, 0.2) is 0 Å². The van der Waals surface area contributed by atoms with Gasteiger partial charge in [-0.25, -0.2) is 0 Å². The lowest BCUT2D eigenvalue weighted by Gasteiger charge is -2.51. The molecule has 134 valence electrons. The fourth-order valence-electron chi connectivity index (χ4n) is 6.89. The fraction of sp³-hybridized carbons (Fsp3) is 0.696. The molecule has 25 heavy (non-hydrogen) atoms. The predicted molar refractivity (Wildman–Crippen MR) is 100 cm³/mol. The minimum atomic E-state index is 0.186. The summed E-state index contributed by atoms with van der Waals surface area (Å²) in [7, 11) is 0. The van der Waals surface area contributed by atoms with Crippen LogP contribution in [0.15, 0.2) is 12.1 Å². The molecular weight excluding hydrogens is 306 g/mol. The molecule has 4 rings (SSSR count). The lowest BCUT2D eigenvalue weighted by molar-refractivity contribution is 0.0187. The predicted octanol–water partition coefficient (Wildman–Crippen LogP) is 5.59. The smallest absolute Gasteiger partial charge is 0.119 e. The topological polar surface area (TPSA) is 44.0 Å². The first-order chi connectivity index (χ1) is 12.0. The third-order valence-electron chi connectivity index (χ3n) is 8.19. The molecule has 1 aromatic carbocycles. The van der Waals surface area contributed by atoms with Gasteiger partial charge in [-0.15, -0.1) is 0 Å². The third-order valence-corrected chi connectivity index (χ3v) is 8.19. The van der Waals surface area contributed by atoms with E-state index in [1.54, 1.807) is 0 Å². The number of phenols is 1. The first-order valence-electron chi connectivity index (χ1n) is 10.2. The van der Waals surface area contributed by atoms with Crippen molar-refractivity contribution in [2.45, 2.75) is 71.6 Å². The fourth-order valence-corrected chi connectivity index (χ4v) is 6.89. The van der Waals surface area contributed by atoms with Crippen LogP contribution in [-0.4, -0.2) is 5.11 Å². The Balaban J connectivity index is 1.68. The quantitative estimate of drug-likeness (QED) is 0.765. The Hall–Kier alpha value is -1.49. The molecule has 1 aromatic rings. The maximum Gasteiger partial charge on any atom is 0.119 e. The zero-order chi connectivity index (χ0) is 17.8. The van der Waals surface area contributed by atoms with Crippen LogP contribution in [0, 0.1) is 40.4 Å². The third kappa shape index (κ3) is 2.42. The molecule has 3 aliphatic rings. The van der Waals surface area contributed by atoms with E-state index < -0.39 is 0 Å². The Labute approximate surface area is 152 Å². The first kappa shape index (κ1) is 17.0. The average Bonchev–Trinajstić information content (AvgIpc) is 2.97. The number of benzene rings is 1. The molecule has 2 fully saturated rings. The van der Waals surface area contributed by atoms with Crippen LogP contribution < -0.4 is 0 Å². The first-order valence-corrected chi connectivity index (χ1v) is 10.2. The summed E-state index contributed by atoms with van der Waals surface area (Å²) in [5.74, 6) is 3.48. The van der Waals surface area contributed by atoms with Crippen LogP contribution in [0.2, 0.25) is 0 Å². The molecule has 6 atom stereocenters. The number of hydrogen-bond donors (Lipinski definition) is 1. The summed E-state index contributed by atoms with van der Waals surface area (Å²) in [5.41, 5.74) is 4.39. The number of hydrogen-bond acceptors (Lipinski definition) is 2. The Morgan fingerprint density at radius 3 is 2.80 bits per heavy atom. The van der Waals surface area contributed by atoms with Crippen LogP contribution in [0.3, 0.4) is 0 Å². The number of aryl methyl sites for hydroxylation is 2. The summed E-state index contributed by atoms with van der Waals surface area (Å²) < 4.78 is 0. The van der Waals surface area contributed by atoms with Gasteiger partial charge in [-0.1, -0.05) is 19.9 Å². The Kier molecular flexibility index (Phi) is 4.10. The number of nitrogens with zero attached hydrogens (tertiary/aromatic N) is 1. The largest absolute Gasteiger partial charge is 0.508 e. The molecule has 2 saturated carbocycles. The molecule has 0 aliphatic heterocycles. The van der Waals surface area contributed by atoms with Crippen LogP contribution >= 0.6 is 0 Å². The highest BCUT2D eigenvalue weighted by atomic mass is 16.3. The Morgan fingerprint density at radius 2 is 2.08 bits per heavy atom. The second-order valence-corrected chi connectivity index (χ2v) is 9.09. The highest BCUT2D eigenvalue weighted by Crippen LogP contribution is 2.64. The van der Waals surface area contributed by atoms with Crippen molar-refractivity contribution < 1.29 is 5.11 Å². The Bertz CT molecular complexity index is 718. The molecule has 2 heteroatoms. The summed E-state index contributed by atoms with van der Waals surface area (Å²) in [6.07, 6.45) is 8.34. The summed E-state index contributed by atoms with van der Waals surface area (Å²) in [6.45, 7) is 6.75. The molecule has 1 N–H and O–H groups in total. The van der Waals surface area contributed by atoms with Gasteiger partial charge in [0, 0.05) is 5.92 Å². The van der Waals surface area contributed by atoms with Gasteiger partial charge in [-0.05, 0) is 104 Å². The van der Waals surface area contributed by atoms with Crippen LogP contribution in [0.5, 0.6) is 5.75 Å². The van der Waals surface area contributed by atoms with E-state index in [0.717, 1.165) is 30.2 Å². The number of fused-ring (bicyclic) bond motifs is 5. The second kappa shape index (κ2) is 6.04. The molecule has 0 aromatic heterocycles. The molecule has 3 aliphatic carbocycles. The van der Waals surface area contributed by atoms with E-state index >= 15 is 0 Å². The van der Waals surface area contributed by atoms with Crippen molar-refractivity contribution >= 4 is 0 Å². The van der Waals surface area contributed by atoms with Gasteiger partial charge in [0.2, 0.25) is 0 Å². The summed E-state index contributed by atoms with van der Waals surface area (Å²) in [6, 6.07) is 6.91. The van der Waals surface area contributed by atoms with Gasteiger partial charge in [0.05, 0.1) is 6.07 Å². The van der Waals surface area contributed by atoms with Crippen LogP contribution in [0.1, 0.15) is 75.5 Å². The second-order valence-electron chi connectivity index (χ2n) is 9.09. The van der Waals surface area contributed by atoms with Crippen molar-refractivity contribution in [2.75, 3.05) is 0 Å². The number of rotatable bonds is 2. The maximum absolute atomic E-state index is 10.2. The molecule has 0 unspecified atom stereocenters. The summed E-state index contributed by atoms with van der Waals surface area (Å²) in [4.78, 5) is 0. The van der Waals surface area contributed by atoms with E-state index in [4.69, 9.17) is 0 Å². The van der Waals surface area contributed by atoms with E-state index in [2.05, 4.69) is 32.9 Å². The SMILES string of the molecule is CCc1cc2c(cc1O)CC[C@@H]1[C@@H]2CC[C@]2(C)[C@@H]([C@@H](C)C#N)CC[C@@H]12. The maximum atomic E-state index is 10.2. The zero-order valence-corrected chi connectivity index (χ0v) is 15.9. The average molecular weight is 338 g/mol. The van der Waals surface area contributed by atoms with Crippen molar-refractivity contribution in [2.24, 2.45) is 29.1 Å². The summed E-state index contributed by atoms with van der Waals surface area (Å²) in [5, 5.41) is 19.7. The monoisotopic (exact) mass is 337 g/mol. The van der Waals surface area contributed by atoms with Crippen molar-refractivity contribution in [1.29, 1.82) is 5.26 Å². The van der Waals surface area contributed by atoms with Crippen molar-refractivity contribution in [1.82, 2.24) is 0 Å². The molecule has 0 saturated heterocycles. The molecular formula is C23H31NO. The zero-order valence-electron chi connectivity index (χ0n) is 15.9. The van der Waals surface area contributed by atoms with Gasteiger partial charge in [-0.2, -0.15) is 5.26 Å². The molecule has 0 radical (unpaired) electrons. The van der Waals surface area contributed by atoms with Gasteiger partial charge in [-0.3, -0.25) is 0 Å². The lowest BCUT2D eigenvalue weighted by Crippen LogP contribution is -2.43. The van der Waals surface area contributed by atoms with Crippen LogP contribution in [-0.2, 0) is 12.8 Å². The highest BCUT2D eigenvalue weighted by Gasteiger charge is 2.55. The molecule has 0 heterocycles. The highest BCUT2D eigenvalue weighted by molar-refractivity contribution is 5.45. The lowest BCUT2D eigenvalue weighted by atomic mass is 9.53. The molecule has 0 amide bonds. The number of nitriles is 1. The Morgan fingerprint density at radius 1 is 1.28 bits per heavy atom. The summed E-state index contributed by atoms with van der Waals surface area (Å²) >= 11 is 0. The van der Waals surface area contributed by atoms with E-state index in [-0.39, 0.29) is 5.92 Å². The molecule has 2 nitrogen and oxygen atoms in total. The normalized spacial score (nSPS) is 37.5. The molecule has 0 bridgehead atoms. The van der Waals surface area contributed by atoms with Crippen molar-refractivity contribution in [3.63, 3.8) is 0 Å². The standard InChI is InChI=1S/C23H31NO/c1-4-15-11-19-16(12-22(15)25)5-6-18-17(19)9-10-23(3)20(14(2)13-24)7-8-21(18)23/h11-12,14,17-18,20-21,25H,4-10H2,1-3H3/t14-,17-,18+,20+,21-,23+/m0/s1. The van der Waals surface area contributed by atoms with Gasteiger partial charge in [0.1, 0.15) is 5.75 Å². The van der Waals surface area contributed by atoms with E-state index in [0.29, 0.717) is 23.0 Å². The van der Waals surface area contributed by atoms with Gasteiger partial charge in [0.25, 0.3) is 0 Å².